The van der Waals surface area contributed by atoms with Crippen molar-refractivity contribution < 1.29 is 13.9 Å². The maximum absolute atomic E-state index is 12.6. The van der Waals surface area contributed by atoms with Crippen molar-refractivity contribution in [2.75, 3.05) is 6.54 Å². The number of rotatable bonds is 4. The molecule has 0 spiro atoms. The zero-order valence-corrected chi connectivity index (χ0v) is 14.4. The molecule has 0 N–H and O–H groups in total. The third kappa shape index (κ3) is 3.17. The van der Waals surface area contributed by atoms with Gasteiger partial charge in [0.25, 0.3) is 5.91 Å². The van der Waals surface area contributed by atoms with Crippen LogP contribution in [0.25, 0.3) is 0 Å². The van der Waals surface area contributed by atoms with Crippen molar-refractivity contribution >= 4 is 5.91 Å². The van der Waals surface area contributed by atoms with Gasteiger partial charge in [-0.05, 0) is 31.2 Å². The third-order valence-electron chi connectivity index (χ3n) is 4.47. The van der Waals surface area contributed by atoms with Gasteiger partial charge in [0, 0.05) is 31.7 Å². The summed E-state index contributed by atoms with van der Waals surface area (Å²) in [5.41, 5.74) is 0. The molecule has 0 aliphatic carbocycles. The molecule has 134 valence electrons. The normalized spacial score (nSPS) is 16.8. The number of aromatic nitrogens is 4. The number of nitrogens with zero attached hydrogens (tertiary/aromatic N) is 5. The average molecular weight is 353 g/mol. The van der Waals surface area contributed by atoms with Crippen LogP contribution in [0.1, 0.15) is 29.1 Å². The number of carbonyl (C=O) groups excluding carboxylic acids is 1. The lowest BCUT2D eigenvalue weighted by Gasteiger charge is -2.25. The van der Waals surface area contributed by atoms with Crippen molar-refractivity contribution in [3.8, 4) is 5.75 Å². The van der Waals surface area contributed by atoms with Crippen molar-refractivity contribution in [1.29, 1.82) is 0 Å². The van der Waals surface area contributed by atoms with E-state index >= 15 is 0 Å². The fourth-order valence-corrected chi connectivity index (χ4v) is 3.11. The Hall–Kier alpha value is -3.16. The molecule has 26 heavy (non-hydrogen) atoms. The molecule has 1 atom stereocenters. The summed E-state index contributed by atoms with van der Waals surface area (Å²) in [6, 6.07) is 7.08. The summed E-state index contributed by atoms with van der Waals surface area (Å²) < 4.78 is 13.0. The molecule has 1 aliphatic heterocycles. The molecule has 3 aromatic heterocycles. The van der Waals surface area contributed by atoms with Gasteiger partial charge in [0.05, 0.1) is 12.5 Å². The van der Waals surface area contributed by atoms with Gasteiger partial charge in [0.1, 0.15) is 18.2 Å². The van der Waals surface area contributed by atoms with Crippen molar-refractivity contribution in [3.63, 3.8) is 0 Å². The van der Waals surface area contributed by atoms with E-state index in [1.807, 2.05) is 28.5 Å². The van der Waals surface area contributed by atoms with Crippen LogP contribution in [-0.2, 0) is 19.6 Å². The first-order valence-electron chi connectivity index (χ1n) is 8.50. The minimum Gasteiger partial charge on any atom is -0.484 e. The molecule has 8 nitrogen and oxygen atoms in total. The standard InChI is InChI=1S/C18H19N5O3/c1-13-10-16-20-21-17(12-26-14-4-2-6-19-11-14)23(16)8-7-22(13)18(24)15-5-3-9-25-15/h2-6,9,11,13H,7-8,10,12H2,1H3/t13-/m1/s1. The maximum Gasteiger partial charge on any atom is 0.289 e. The Morgan fingerprint density at radius 1 is 1.31 bits per heavy atom. The Balaban J connectivity index is 1.48. The van der Waals surface area contributed by atoms with E-state index in [-0.39, 0.29) is 11.9 Å². The highest BCUT2D eigenvalue weighted by Crippen LogP contribution is 2.18. The van der Waals surface area contributed by atoms with E-state index in [0.717, 1.165) is 11.6 Å². The summed E-state index contributed by atoms with van der Waals surface area (Å²) in [5.74, 6) is 2.53. The highest BCUT2D eigenvalue weighted by Gasteiger charge is 2.29. The molecule has 0 fully saturated rings. The summed E-state index contributed by atoms with van der Waals surface area (Å²) in [4.78, 5) is 18.5. The molecule has 0 radical (unpaired) electrons. The van der Waals surface area contributed by atoms with Crippen molar-refractivity contribution in [1.82, 2.24) is 24.6 Å². The van der Waals surface area contributed by atoms with E-state index in [9.17, 15) is 4.79 Å². The van der Waals surface area contributed by atoms with Crippen molar-refractivity contribution in [2.45, 2.75) is 32.5 Å². The van der Waals surface area contributed by atoms with Gasteiger partial charge in [-0.3, -0.25) is 9.78 Å². The second kappa shape index (κ2) is 6.99. The molecule has 0 saturated heterocycles. The first-order valence-corrected chi connectivity index (χ1v) is 8.50. The van der Waals surface area contributed by atoms with Crippen molar-refractivity contribution in [3.05, 3.63) is 60.3 Å². The lowest BCUT2D eigenvalue weighted by molar-refractivity contribution is 0.0662. The van der Waals surface area contributed by atoms with Crippen LogP contribution in [0, 0.1) is 0 Å². The lowest BCUT2D eigenvalue weighted by Crippen LogP contribution is -2.40. The lowest BCUT2D eigenvalue weighted by atomic mass is 10.2. The topological polar surface area (TPSA) is 86.3 Å². The van der Waals surface area contributed by atoms with Gasteiger partial charge in [-0.15, -0.1) is 10.2 Å². The number of amides is 1. The number of carbonyl (C=O) groups is 1. The van der Waals surface area contributed by atoms with E-state index < -0.39 is 0 Å². The first-order chi connectivity index (χ1) is 12.7. The van der Waals surface area contributed by atoms with Gasteiger partial charge < -0.3 is 18.6 Å². The molecule has 1 amide bonds. The van der Waals surface area contributed by atoms with Gasteiger partial charge in [-0.25, -0.2) is 0 Å². The van der Waals surface area contributed by atoms with Crippen LogP contribution < -0.4 is 4.74 Å². The van der Waals surface area contributed by atoms with Crippen LogP contribution in [-0.4, -0.2) is 43.1 Å². The number of hydrogen-bond donors (Lipinski definition) is 0. The minimum absolute atomic E-state index is 0.00476. The van der Waals surface area contributed by atoms with Crippen molar-refractivity contribution in [2.24, 2.45) is 0 Å². The number of pyridine rings is 1. The number of furan rings is 1. The molecule has 1 aliphatic rings. The average Bonchev–Trinajstić information content (AvgIpc) is 3.28. The fourth-order valence-electron chi connectivity index (χ4n) is 3.11. The van der Waals surface area contributed by atoms with Gasteiger partial charge in [0.2, 0.25) is 0 Å². The Bertz CT molecular complexity index is 876. The van der Waals surface area contributed by atoms with Crippen LogP contribution in [0.5, 0.6) is 5.75 Å². The van der Waals surface area contributed by atoms with E-state index in [2.05, 4.69) is 15.2 Å². The zero-order valence-electron chi connectivity index (χ0n) is 14.4. The fraction of sp³-hybridized carbons (Fsp3) is 0.333. The van der Waals surface area contributed by atoms with E-state index in [4.69, 9.17) is 9.15 Å². The highest BCUT2D eigenvalue weighted by molar-refractivity contribution is 5.91. The molecule has 3 aromatic rings. The van der Waals surface area contributed by atoms with Crippen LogP contribution in [0.4, 0.5) is 0 Å². The SMILES string of the molecule is C[C@@H]1Cc2nnc(COc3cccnc3)n2CCN1C(=O)c1ccco1. The van der Waals surface area contributed by atoms with Gasteiger partial charge in [-0.1, -0.05) is 0 Å². The van der Waals surface area contributed by atoms with E-state index in [1.165, 1.54) is 6.26 Å². The first kappa shape index (κ1) is 16.3. The van der Waals surface area contributed by atoms with E-state index in [0.29, 0.717) is 37.6 Å². The zero-order chi connectivity index (χ0) is 17.9. The summed E-state index contributed by atoms with van der Waals surface area (Å²) in [7, 11) is 0. The van der Waals surface area contributed by atoms with Crippen LogP contribution in [0.3, 0.4) is 0 Å². The van der Waals surface area contributed by atoms with E-state index in [1.54, 1.807) is 24.5 Å². The quantitative estimate of drug-likeness (QED) is 0.712. The number of hydrogen-bond acceptors (Lipinski definition) is 6. The summed E-state index contributed by atoms with van der Waals surface area (Å²) >= 11 is 0. The predicted molar refractivity (Wildman–Crippen MR) is 91.5 cm³/mol. The number of fused-ring (bicyclic) bond motifs is 1. The highest BCUT2D eigenvalue weighted by atomic mass is 16.5. The van der Waals surface area contributed by atoms with Crippen LogP contribution in [0.15, 0.2) is 47.3 Å². The molecular formula is C18H19N5O3. The van der Waals surface area contributed by atoms with Gasteiger partial charge >= 0.3 is 0 Å². The molecular weight excluding hydrogens is 334 g/mol. The second-order valence-corrected chi connectivity index (χ2v) is 6.19. The second-order valence-electron chi connectivity index (χ2n) is 6.19. The van der Waals surface area contributed by atoms with Gasteiger partial charge in [0.15, 0.2) is 11.6 Å². The summed E-state index contributed by atoms with van der Waals surface area (Å²) in [6.07, 6.45) is 5.50. The number of ether oxygens (including phenoxy) is 1. The van der Waals surface area contributed by atoms with Crippen LogP contribution in [0.2, 0.25) is 0 Å². The molecule has 0 unspecified atom stereocenters. The molecule has 0 bridgehead atoms. The Kier molecular flexibility index (Phi) is 4.39. The molecule has 0 saturated carbocycles. The minimum atomic E-state index is -0.102. The smallest absolute Gasteiger partial charge is 0.289 e. The monoisotopic (exact) mass is 353 g/mol. The predicted octanol–water partition coefficient (Wildman–Crippen LogP) is 1.93. The third-order valence-corrected chi connectivity index (χ3v) is 4.47. The molecule has 8 heteroatoms. The Morgan fingerprint density at radius 2 is 2.23 bits per heavy atom. The molecule has 0 aromatic carbocycles. The Labute approximate surface area is 150 Å². The van der Waals surface area contributed by atoms with Gasteiger partial charge in [-0.2, -0.15) is 0 Å². The van der Waals surface area contributed by atoms with Crippen LogP contribution >= 0.6 is 0 Å². The Morgan fingerprint density at radius 3 is 3.00 bits per heavy atom. The summed E-state index contributed by atoms with van der Waals surface area (Å²) in [6.45, 7) is 3.49. The molecule has 4 heterocycles. The maximum atomic E-state index is 12.6. The summed E-state index contributed by atoms with van der Waals surface area (Å²) in [5, 5.41) is 8.55. The molecule has 4 rings (SSSR count). The largest absolute Gasteiger partial charge is 0.484 e.